The van der Waals surface area contributed by atoms with Gasteiger partial charge in [-0.05, 0) is 43.3 Å². The summed E-state index contributed by atoms with van der Waals surface area (Å²) in [7, 11) is 0. The normalized spacial score (nSPS) is 10.2. The average Bonchev–Trinajstić information content (AvgIpc) is 2.71. The lowest BCUT2D eigenvalue weighted by atomic mass is 10.2. The summed E-state index contributed by atoms with van der Waals surface area (Å²) in [5, 5.41) is 5.90. The average molecular weight is 396 g/mol. The van der Waals surface area contributed by atoms with Crippen molar-refractivity contribution < 1.29 is 14.3 Å². The highest BCUT2D eigenvalue weighted by atomic mass is 35.5. The summed E-state index contributed by atoms with van der Waals surface area (Å²) in [4.78, 5) is 29.1. The molecule has 6 nitrogen and oxygen atoms in total. The van der Waals surface area contributed by atoms with Gasteiger partial charge in [0.2, 0.25) is 0 Å². The standard InChI is InChI=1S/C21H18ClN3O3/c1-2-28-19-10-6-5-9-17(19)25-21(27)18-13-14(11-12-23-18)20(26)24-16-8-4-3-7-15(16)22/h3-13H,2H2,1H3,(H,24,26)(H,25,27). The first-order valence-corrected chi connectivity index (χ1v) is 9.01. The number of benzene rings is 2. The molecule has 0 atom stereocenters. The van der Waals surface area contributed by atoms with Gasteiger partial charge in [-0.2, -0.15) is 0 Å². The summed E-state index contributed by atoms with van der Waals surface area (Å²) < 4.78 is 5.50. The second kappa shape index (κ2) is 9.01. The van der Waals surface area contributed by atoms with Crippen LogP contribution in [0.4, 0.5) is 11.4 Å². The summed E-state index contributed by atoms with van der Waals surface area (Å²) in [5.74, 6) is -0.273. The van der Waals surface area contributed by atoms with Crippen molar-refractivity contribution in [3.05, 3.63) is 83.1 Å². The van der Waals surface area contributed by atoms with Gasteiger partial charge in [-0.3, -0.25) is 14.6 Å². The van der Waals surface area contributed by atoms with E-state index in [0.29, 0.717) is 28.8 Å². The number of hydrogen-bond acceptors (Lipinski definition) is 4. The van der Waals surface area contributed by atoms with E-state index in [4.69, 9.17) is 16.3 Å². The van der Waals surface area contributed by atoms with E-state index < -0.39 is 5.91 Å². The van der Waals surface area contributed by atoms with Crippen molar-refractivity contribution in [2.75, 3.05) is 17.2 Å². The molecule has 0 saturated heterocycles. The van der Waals surface area contributed by atoms with Gasteiger partial charge < -0.3 is 15.4 Å². The molecule has 3 aromatic rings. The monoisotopic (exact) mass is 395 g/mol. The van der Waals surface area contributed by atoms with E-state index in [1.54, 1.807) is 42.5 Å². The smallest absolute Gasteiger partial charge is 0.274 e. The Morgan fingerprint density at radius 3 is 2.39 bits per heavy atom. The summed E-state index contributed by atoms with van der Waals surface area (Å²) in [6.45, 7) is 2.34. The fraction of sp³-hybridized carbons (Fsp3) is 0.0952. The van der Waals surface area contributed by atoms with Crippen LogP contribution in [0.2, 0.25) is 5.02 Å². The molecule has 0 spiro atoms. The molecular weight excluding hydrogens is 378 g/mol. The number of halogens is 1. The van der Waals surface area contributed by atoms with Crippen LogP contribution in [-0.2, 0) is 0 Å². The molecule has 28 heavy (non-hydrogen) atoms. The first-order valence-electron chi connectivity index (χ1n) is 8.63. The number of ether oxygens (including phenoxy) is 1. The Kier molecular flexibility index (Phi) is 6.24. The Labute approximate surface area is 167 Å². The maximum absolute atomic E-state index is 12.6. The van der Waals surface area contributed by atoms with Gasteiger partial charge in [-0.25, -0.2) is 0 Å². The molecule has 2 aromatic carbocycles. The SMILES string of the molecule is CCOc1ccccc1NC(=O)c1cc(C(=O)Nc2ccccc2Cl)ccn1. The highest BCUT2D eigenvalue weighted by Crippen LogP contribution is 2.24. The van der Waals surface area contributed by atoms with Crippen LogP contribution in [0.3, 0.4) is 0 Å². The maximum Gasteiger partial charge on any atom is 0.274 e. The Hall–Kier alpha value is -3.38. The Morgan fingerprint density at radius 1 is 0.964 bits per heavy atom. The van der Waals surface area contributed by atoms with Crippen LogP contribution >= 0.6 is 11.6 Å². The number of aromatic nitrogens is 1. The number of anilines is 2. The summed E-state index contributed by atoms with van der Waals surface area (Å²) in [6, 6.07) is 17.0. The number of rotatable bonds is 6. The second-order valence-corrected chi connectivity index (χ2v) is 6.15. The minimum absolute atomic E-state index is 0.109. The maximum atomic E-state index is 12.6. The molecule has 0 unspecified atom stereocenters. The molecule has 0 saturated carbocycles. The molecule has 1 heterocycles. The number of nitrogens with zero attached hydrogens (tertiary/aromatic N) is 1. The van der Waals surface area contributed by atoms with Crippen molar-refractivity contribution in [1.29, 1.82) is 0 Å². The quantitative estimate of drug-likeness (QED) is 0.637. The fourth-order valence-electron chi connectivity index (χ4n) is 2.49. The highest BCUT2D eigenvalue weighted by Gasteiger charge is 2.14. The fourth-order valence-corrected chi connectivity index (χ4v) is 2.67. The van der Waals surface area contributed by atoms with Crippen LogP contribution in [0.25, 0.3) is 0 Å². The molecule has 0 bridgehead atoms. The van der Waals surface area contributed by atoms with Crippen molar-refractivity contribution in [1.82, 2.24) is 4.98 Å². The van der Waals surface area contributed by atoms with E-state index in [1.165, 1.54) is 18.3 Å². The lowest BCUT2D eigenvalue weighted by Crippen LogP contribution is -2.17. The topological polar surface area (TPSA) is 80.3 Å². The zero-order valence-electron chi connectivity index (χ0n) is 15.1. The van der Waals surface area contributed by atoms with E-state index in [9.17, 15) is 9.59 Å². The van der Waals surface area contributed by atoms with Crippen molar-refractivity contribution in [2.24, 2.45) is 0 Å². The van der Waals surface area contributed by atoms with Crippen molar-refractivity contribution in [2.45, 2.75) is 6.92 Å². The zero-order valence-corrected chi connectivity index (χ0v) is 15.9. The molecule has 7 heteroatoms. The Bertz CT molecular complexity index is 1010. The zero-order chi connectivity index (χ0) is 19.9. The number of amides is 2. The molecule has 0 radical (unpaired) electrons. The predicted molar refractivity (Wildman–Crippen MR) is 109 cm³/mol. The Morgan fingerprint density at radius 2 is 1.64 bits per heavy atom. The molecular formula is C21H18ClN3O3. The van der Waals surface area contributed by atoms with Crippen molar-refractivity contribution in [3.63, 3.8) is 0 Å². The van der Waals surface area contributed by atoms with Crippen LogP contribution in [0.5, 0.6) is 5.75 Å². The molecule has 0 aliphatic heterocycles. The number of hydrogen-bond donors (Lipinski definition) is 2. The van der Waals surface area contributed by atoms with E-state index in [-0.39, 0.29) is 17.2 Å². The van der Waals surface area contributed by atoms with Crippen LogP contribution in [0.15, 0.2) is 66.9 Å². The summed E-state index contributed by atoms with van der Waals surface area (Å²) in [5.41, 5.74) is 1.42. The first-order chi connectivity index (χ1) is 13.6. The minimum Gasteiger partial charge on any atom is -0.492 e. The van der Waals surface area contributed by atoms with Gasteiger partial charge in [-0.1, -0.05) is 35.9 Å². The van der Waals surface area contributed by atoms with Crippen LogP contribution in [-0.4, -0.2) is 23.4 Å². The lowest BCUT2D eigenvalue weighted by Gasteiger charge is -2.11. The lowest BCUT2D eigenvalue weighted by molar-refractivity contribution is 0.102. The number of carbonyl (C=O) groups is 2. The summed E-state index contributed by atoms with van der Waals surface area (Å²) >= 11 is 6.07. The van der Waals surface area contributed by atoms with Crippen molar-refractivity contribution in [3.8, 4) is 5.75 Å². The first kappa shape index (κ1) is 19.4. The van der Waals surface area contributed by atoms with E-state index in [2.05, 4.69) is 15.6 Å². The van der Waals surface area contributed by atoms with Crippen LogP contribution in [0.1, 0.15) is 27.8 Å². The Balaban J connectivity index is 1.76. The third kappa shape index (κ3) is 4.66. The van der Waals surface area contributed by atoms with Gasteiger partial charge in [0, 0.05) is 11.8 Å². The van der Waals surface area contributed by atoms with Gasteiger partial charge in [-0.15, -0.1) is 0 Å². The molecule has 3 rings (SSSR count). The number of para-hydroxylation sites is 3. The molecule has 142 valence electrons. The molecule has 0 aliphatic carbocycles. The summed E-state index contributed by atoms with van der Waals surface area (Å²) in [6.07, 6.45) is 1.41. The molecule has 2 N–H and O–H groups in total. The number of pyridine rings is 1. The van der Waals surface area contributed by atoms with E-state index in [0.717, 1.165) is 0 Å². The highest BCUT2D eigenvalue weighted by molar-refractivity contribution is 6.33. The van der Waals surface area contributed by atoms with Crippen molar-refractivity contribution >= 4 is 34.8 Å². The van der Waals surface area contributed by atoms with E-state index in [1.807, 2.05) is 13.0 Å². The third-order valence-corrected chi connectivity index (χ3v) is 4.14. The van der Waals surface area contributed by atoms with Gasteiger partial charge in [0.05, 0.1) is 23.0 Å². The number of carbonyl (C=O) groups excluding carboxylic acids is 2. The third-order valence-electron chi connectivity index (χ3n) is 3.81. The minimum atomic E-state index is -0.445. The van der Waals surface area contributed by atoms with Crippen LogP contribution < -0.4 is 15.4 Å². The second-order valence-electron chi connectivity index (χ2n) is 5.75. The van der Waals surface area contributed by atoms with Gasteiger partial charge in [0.15, 0.2) is 0 Å². The molecule has 0 aliphatic rings. The molecule has 2 amide bonds. The predicted octanol–water partition coefficient (Wildman–Crippen LogP) is 4.64. The number of nitrogens with one attached hydrogen (secondary N) is 2. The van der Waals surface area contributed by atoms with Crippen LogP contribution in [0, 0.1) is 0 Å². The molecule has 0 fully saturated rings. The van der Waals surface area contributed by atoms with E-state index >= 15 is 0 Å². The largest absolute Gasteiger partial charge is 0.492 e. The van der Waals surface area contributed by atoms with Gasteiger partial charge in [0.25, 0.3) is 11.8 Å². The molecule has 1 aromatic heterocycles. The van der Waals surface area contributed by atoms with Gasteiger partial charge in [0.1, 0.15) is 11.4 Å². The van der Waals surface area contributed by atoms with Gasteiger partial charge >= 0.3 is 0 Å².